The highest BCUT2D eigenvalue weighted by atomic mass is 79.9. The third-order valence-electron chi connectivity index (χ3n) is 0.921. The number of hydrogen-bond acceptors (Lipinski definition) is 5. The van der Waals surface area contributed by atoms with Crippen LogP contribution in [0.4, 0.5) is 0 Å². The molecule has 60 valence electrons. The predicted molar refractivity (Wildman–Crippen MR) is 34.0 cm³/mol. The molecule has 0 spiro atoms. The van der Waals surface area contributed by atoms with Gasteiger partial charge in [0, 0.05) is 20.9 Å². The molecule has 10 heavy (non-hydrogen) atoms. The van der Waals surface area contributed by atoms with E-state index >= 15 is 0 Å². The summed E-state index contributed by atoms with van der Waals surface area (Å²) in [7, 11) is 0. The standard InChI is InChI=1S/C3H6BrNO5/c4-3(1-6,2(7)8)5(9)10/h2,6-8H,1H2. The highest BCUT2D eigenvalue weighted by molar-refractivity contribution is 9.10. The fraction of sp³-hybridized carbons (Fsp3) is 1.00. The van der Waals surface area contributed by atoms with Crippen LogP contribution in [0.15, 0.2) is 0 Å². The van der Waals surface area contributed by atoms with Crippen molar-refractivity contribution in [2.24, 2.45) is 0 Å². The van der Waals surface area contributed by atoms with Gasteiger partial charge in [0.05, 0.1) is 0 Å². The first-order chi connectivity index (χ1) is 4.45. The molecule has 0 heterocycles. The van der Waals surface area contributed by atoms with Gasteiger partial charge in [0.1, 0.15) is 6.61 Å². The SMILES string of the molecule is O=[N+]([O-])C(Br)(CO)C(O)O. The van der Waals surface area contributed by atoms with Crippen LogP contribution >= 0.6 is 15.9 Å². The van der Waals surface area contributed by atoms with Crippen LogP contribution in [0.3, 0.4) is 0 Å². The van der Waals surface area contributed by atoms with Gasteiger partial charge in [-0.2, -0.15) is 0 Å². The van der Waals surface area contributed by atoms with Gasteiger partial charge in [0.2, 0.25) is 6.29 Å². The lowest BCUT2D eigenvalue weighted by Gasteiger charge is -2.16. The summed E-state index contributed by atoms with van der Waals surface area (Å²) < 4.78 is -2.26. The lowest BCUT2D eigenvalue weighted by molar-refractivity contribution is -0.562. The molecule has 7 heteroatoms. The fourth-order valence-electron chi connectivity index (χ4n) is 0.234. The van der Waals surface area contributed by atoms with E-state index < -0.39 is 22.3 Å². The van der Waals surface area contributed by atoms with Gasteiger partial charge in [-0.3, -0.25) is 10.1 Å². The monoisotopic (exact) mass is 215 g/mol. The summed E-state index contributed by atoms with van der Waals surface area (Å²) in [5, 5.41) is 35.0. The Labute approximate surface area is 64.4 Å². The molecular weight excluding hydrogens is 210 g/mol. The van der Waals surface area contributed by atoms with E-state index in [-0.39, 0.29) is 0 Å². The third-order valence-corrected chi connectivity index (χ3v) is 1.87. The Morgan fingerprint density at radius 1 is 1.70 bits per heavy atom. The van der Waals surface area contributed by atoms with Gasteiger partial charge in [-0.25, -0.2) is 0 Å². The van der Waals surface area contributed by atoms with Crippen molar-refractivity contribution in [2.45, 2.75) is 10.7 Å². The molecule has 0 radical (unpaired) electrons. The Morgan fingerprint density at radius 2 is 2.10 bits per heavy atom. The molecule has 0 aromatic carbocycles. The number of alkyl halides is 1. The van der Waals surface area contributed by atoms with Crippen molar-refractivity contribution >= 4 is 15.9 Å². The molecule has 1 atom stereocenters. The largest absolute Gasteiger partial charge is 0.388 e. The molecule has 0 saturated carbocycles. The zero-order valence-corrected chi connectivity index (χ0v) is 6.35. The summed E-state index contributed by atoms with van der Waals surface area (Å²) in [5.74, 6) is 0. The van der Waals surface area contributed by atoms with Crippen molar-refractivity contribution in [3.63, 3.8) is 0 Å². The fourth-order valence-corrected chi connectivity index (χ4v) is 0.234. The van der Waals surface area contributed by atoms with E-state index in [4.69, 9.17) is 15.3 Å². The molecule has 0 aromatic rings. The summed E-state index contributed by atoms with van der Waals surface area (Å²) >= 11 is 2.36. The Balaban J connectivity index is 4.38. The van der Waals surface area contributed by atoms with Gasteiger partial charge < -0.3 is 15.3 Å². The molecule has 0 amide bonds. The van der Waals surface area contributed by atoms with Gasteiger partial charge in [0.15, 0.2) is 0 Å². The number of aliphatic hydroxyl groups is 3. The molecule has 0 saturated heterocycles. The number of nitrogens with zero attached hydrogens (tertiary/aromatic N) is 1. The van der Waals surface area contributed by atoms with E-state index in [2.05, 4.69) is 15.9 Å². The van der Waals surface area contributed by atoms with Crippen LogP contribution in [0, 0.1) is 10.1 Å². The Morgan fingerprint density at radius 3 is 2.10 bits per heavy atom. The van der Waals surface area contributed by atoms with E-state index in [1.54, 1.807) is 0 Å². The van der Waals surface area contributed by atoms with Crippen molar-refractivity contribution < 1.29 is 20.2 Å². The molecule has 0 fully saturated rings. The molecule has 0 aliphatic carbocycles. The van der Waals surface area contributed by atoms with Crippen LogP contribution in [0.5, 0.6) is 0 Å². The summed E-state index contributed by atoms with van der Waals surface area (Å²) in [4.78, 5) is 8.96. The highest BCUT2D eigenvalue weighted by Crippen LogP contribution is 2.20. The molecule has 1 unspecified atom stereocenters. The third kappa shape index (κ3) is 1.63. The molecule has 6 nitrogen and oxygen atoms in total. The topological polar surface area (TPSA) is 104 Å². The zero-order chi connectivity index (χ0) is 8.36. The van der Waals surface area contributed by atoms with E-state index in [0.29, 0.717) is 0 Å². The number of halogens is 1. The first-order valence-corrected chi connectivity index (χ1v) is 3.05. The van der Waals surface area contributed by atoms with Crippen LogP contribution in [-0.4, -0.2) is 37.6 Å². The van der Waals surface area contributed by atoms with Gasteiger partial charge in [-0.15, -0.1) is 0 Å². The first kappa shape index (κ1) is 9.76. The van der Waals surface area contributed by atoms with E-state index in [9.17, 15) is 10.1 Å². The smallest absolute Gasteiger partial charge is 0.346 e. The maximum Gasteiger partial charge on any atom is 0.346 e. The molecular formula is C3H6BrNO5. The molecule has 0 aliphatic rings. The lowest BCUT2D eigenvalue weighted by atomic mass is 10.3. The Kier molecular flexibility index (Phi) is 3.16. The number of hydrogen-bond donors (Lipinski definition) is 3. The van der Waals surface area contributed by atoms with Crippen molar-refractivity contribution in [3.05, 3.63) is 10.1 Å². The second-order valence-electron chi connectivity index (χ2n) is 1.61. The van der Waals surface area contributed by atoms with E-state index in [0.717, 1.165) is 0 Å². The molecule has 0 aliphatic heterocycles. The minimum absolute atomic E-state index is 0.988. The quantitative estimate of drug-likeness (QED) is 0.178. The van der Waals surface area contributed by atoms with Crippen molar-refractivity contribution in [1.29, 1.82) is 0 Å². The average Bonchev–Trinajstić information content (AvgIpc) is 1.85. The van der Waals surface area contributed by atoms with Gasteiger partial charge >= 0.3 is 4.45 Å². The second kappa shape index (κ2) is 3.24. The average molecular weight is 216 g/mol. The summed E-state index contributed by atoms with van der Waals surface area (Å²) in [6.45, 7) is -0.988. The van der Waals surface area contributed by atoms with Crippen molar-refractivity contribution in [2.75, 3.05) is 6.61 Å². The first-order valence-electron chi connectivity index (χ1n) is 2.25. The Bertz CT molecular complexity index is 139. The maximum atomic E-state index is 9.97. The number of nitro groups is 1. The zero-order valence-electron chi connectivity index (χ0n) is 4.77. The number of aliphatic hydroxyl groups excluding tert-OH is 2. The van der Waals surface area contributed by atoms with Crippen LogP contribution in [0.2, 0.25) is 0 Å². The summed E-state index contributed by atoms with van der Waals surface area (Å²) in [5.41, 5.74) is 0. The minimum atomic E-state index is -2.26. The molecule has 0 rings (SSSR count). The number of rotatable bonds is 3. The Hall–Kier alpha value is -0.240. The molecule has 0 aromatic heterocycles. The van der Waals surface area contributed by atoms with E-state index in [1.165, 1.54) is 0 Å². The lowest BCUT2D eigenvalue weighted by Crippen LogP contribution is -2.46. The van der Waals surface area contributed by atoms with Crippen LogP contribution in [0.25, 0.3) is 0 Å². The van der Waals surface area contributed by atoms with Crippen LogP contribution in [0.1, 0.15) is 0 Å². The minimum Gasteiger partial charge on any atom is -0.388 e. The summed E-state index contributed by atoms with van der Waals surface area (Å²) in [6.07, 6.45) is -2.23. The maximum absolute atomic E-state index is 9.97. The molecule has 3 N–H and O–H groups in total. The van der Waals surface area contributed by atoms with Crippen molar-refractivity contribution in [3.8, 4) is 0 Å². The molecule has 0 bridgehead atoms. The van der Waals surface area contributed by atoms with E-state index in [1.807, 2.05) is 0 Å². The second-order valence-corrected chi connectivity index (χ2v) is 2.98. The normalized spacial score (nSPS) is 16.9. The van der Waals surface area contributed by atoms with Crippen LogP contribution < -0.4 is 0 Å². The van der Waals surface area contributed by atoms with Gasteiger partial charge in [-0.05, 0) is 0 Å². The van der Waals surface area contributed by atoms with Crippen molar-refractivity contribution in [1.82, 2.24) is 0 Å². The predicted octanol–water partition coefficient (Wildman–Crippen LogP) is -1.34. The van der Waals surface area contributed by atoms with Gasteiger partial charge in [0.25, 0.3) is 0 Å². The summed E-state index contributed by atoms with van der Waals surface area (Å²) in [6, 6.07) is 0. The van der Waals surface area contributed by atoms with Crippen LogP contribution in [-0.2, 0) is 0 Å². The highest BCUT2D eigenvalue weighted by Gasteiger charge is 2.46. The van der Waals surface area contributed by atoms with Gasteiger partial charge in [-0.1, -0.05) is 0 Å².